The highest BCUT2D eigenvalue weighted by Gasteiger charge is 2.38. The van der Waals surface area contributed by atoms with E-state index in [0.29, 0.717) is 12.0 Å². The topological polar surface area (TPSA) is 12.5 Å². The molecule has 2 heteroatoms. The Kier molecular flexibility index (Phi) is 3.31. The average Bonchev–Trinajstić information content (AvgIpc) is 2.58. The van der Waals surface area contributed by atoms with Crippen LogP contribution in [-0.4, -0.2) is 24.2 Å². The van der Waals surface area contributed by atoms with Crippen LogP contribution in [0.15, 0.2) is 30.3 Å². The quantitative estimate of drug-likeness (QED) is 0.758. The van der Waals surface area contributed by atoms with E-state index in [9.17, 15) is 0 Å². The highest BCUT2D eigenvalue weighted by Crippen LogP contribution is 2.35. The predicted molar refractivity (Wildman–Crippen MR) is 66.1 cm³/mol. The number of nitrogens with zero attached hydrogens (tertiary/aromatic N) is 1. The van der Waals surface area contributed by atoms with Crippen LogP contribution in [0.5, 0.6) is 0 Å². The first-order valence-electron chi connectivity index (χ1n) is 6.03. The maximum atomic E-state index is 6.16. The average molecular weight is 219 g/mol. The van der Waals surface area contributed by atoms with Gasteiger partial charge >= 0.3 is 0 Å². The van der Waals surface area contributed by atoms with E-state index in [1.165, 1.54) is 5.56 Å². The lowest BCUT2D eigenvalue weighted by molar-refractivity contribution is -0.0232. The Hall–Kier alpha value is -0.860. The second-order valence-corrected chi connectivity index (χ2v) is 5.01. The van der Waals surface area contributed by atoms with Crippen LogP contribution in [-0.2, 0) is 4.74 Å². The summed E-state index contributed by atoms with van der Waals surface area (Å²) in [5.41, 5.74) is 1.28. The molecule has 88 valence electrons. The molecular weight excluding hydrogens is 198 g/mol. The number of hydrogen-bond acceptors (Lipinski definition) is 2. The van der Waals surface area contributed by atoms with E-state index in [2.05, 4.69) is 57.0 Å². The van der Waals surface area contributed by atoms with Gasteiger partial charge < -0.3 is 4.74 Å². The molecule has 2 nitrogen and oxygen atoms in total. The molecule has 3 unspecified atom stereocenters. The fourth-order valence-electron chi connectivity index (χ4n) is 2.43. The number of likely N-dealkylation sites (N-methyl/N-ethyl adjacent to an activating group) is 1. The van der Waals surface area contributed by atoms with Gasteiger partial charge in [-0.1, -0.05) is 44.2 Å². The summed E-state index contributed by atoms with van der Waals surface area (Å²) in [5, 5.41) is 0. The summed E-state index contributed by atoms with van der Waals surface area (Å²) < 4.78 is 6.16. The molecule has 1 aromatic rings. The molecule has 16 heavy (non-hydrogen) atoms. The van der Waals surface area contributed by atoms with Gasteiger partial charge in [0, 0.05) is 6.04 Å². The van der Waals surface area contributed by atoms with Gasteiger partial charge in [0.05, 0.1) is 6.10 Å². The Morgan fingerprint density at radius 1 is 1.19 bits per heavy atom. The van der Waals surface area contributed by atoms with Crippen LogP contribution in [0.2, 0.25) is 0 Å². The van der Waals surface area contributed by atoms with Crippen LogP contribution in [0, 0.1) is 5.92 Å². The minimum atomic E-state index is 0.207. The minimum absolute atomic E-state index is 0.207. The van der Waals surface area contributed by atoms with Crippen molar-refractivity contribution in [1.82, 2.24) is 4.90 Å². The predicted octanol–water partition coefficient (Wildman–Crippen LogP) is 3.06. The molecule has 3 atom stereocenters. The van der Waals surface area contributed by atoms with E-state index in [1.807, 2.05) is 6.07 Å². The van der Waals surface area contributed by atoms with Gasteiger partial charge in [0.2, 0.25) is 0 Å². The molecule has 1 heterocycles. The number of benzene rings is 1. The Bertz CT molecular complexity index is 336. The molecule has 1 aliphatic rings. The largest absolute Gasteiger partial charge is 0.353 e. The van der Waals surface area contributed by atoms with Crippen LogP contribution < -0.4 is 0 Å². The standard InChI is InChI=1S/C14H21NO/c1-10(2)14-15(4)11(3)13(16-14)12-8-6-5-7-9-12/h5-11,13-14H,1-4H3. The zero-order chi connectivity index (χ0) is 11.7. The summed E-state index contributed by atoms with van der Waals surface area (Å²) in [4.78, 5) is 2.34. The van der Waals surface area contributed by atoms with Gasteiger partial charge in [0.25, 0.3) is 0 Å². The first-order chi connectivity index (χ1) is 7.61. The number of ether oxygens (including phenoxy) is 1. The van der Waals surface area contributed by atoms with Gasteiger partial charge in [-0.2, -0.15) is 0 Å². The first kappa shape index (κ1) is 11.6. The summed E-state index contributed by atoms with van der Waals surface area (Å²) in [5.74, 6) is 0.529. The Morgan fingerprint density at radius 2 is 1.81 bits per heavy atom. The maximum absolute atomic E-state index is 6.16. The smallest absolute Gasteiger partial charge is 0.113 e. The molecule has 0 bridgehead atoms. The molecule has 2 rings (SSSR count). The van der Waals surface area contributed by atoms with Crippen LogP contribution in [0.25, 0.3) is 0 Å². The molecule has 0 N–H and O–H groups in total. The molecular formula is C14H21NO. The Labute approximate surface area is 98.2 Å². The second-order valence-electron chi connectivity index (χ2n) is 5.01. The van der Waals surface area contributed by atoms with Crippen molar-refractivity contribution in [3.05, 3.63) is 35.9 Å². The number of rotatable bonds is 2. The van der Waals surface area contributed by atoms with Crippen molar-refractivity contribution in [2.75, 3.05) is 7.05 Å². The lowest BCUT2D eigenvalue weighted by atomic mass is 10.0. The summed E-state index contributed by atoms with van der Waals surface area (Å²) in [7, 11) is 2.15. The molecule has 0 spiro atoms. The van der Waals surface area contributed by atoms with E-state index >= 15 is 0 Å². The van der Waals surface area contributed by atoms with Gasteiger partial charge in [0.1, 0.15) is 6.23 Å². The lowest BCUT2D eigenvalue weighted by Gasteiger charge is -2.23. The SMILES string of the molecule is CC(C)C1OC(c2ccccc2)C(C)N1C. The fourth-order valence-corrected chi connectivity index (χ4v) is 2.43. The van der Waals surface area contributed by atoms with Gasteiger partial charge in [-0.05, 0) is 25.5 Å². The lowest BCUT2D eigenvalue weighted by Crippen LogP contribution is -2.34. The molecule has 0 aliphatic carbocycles. The molecule has 1 fully saturated rings. The molecule has 0 aromatic heterocycles. The maximum Gasteiger partial charge on any atom is 0.113 e. The first-order valence-corrected chi connectivity index (χ1v) is 6.03. The zero-order valence-corrected chi connectivity index (χ0v) is 10.6. The highest BCUT2D eigenvalue weighted by atomic mass is 16.5. The second kappa shape index (κ2) is 4.56. The summed E-state index contributed by atoms with van der Waals surface area (Å²) in [6, 6.07) is 10.9. The van der Waals surface area contributed by atoms with Crippen molar-refractivity contribution in [3.63, 3.8) is 0 Å². The van der Waals surface area contributed by atoms with Crippen LogP contribution in [0.1, 0.15) is 32.4 Å². The van der Waals surface area contributed by atoms with Crippen molar-refractivity contribution in [3.8, 4) is 0 Å². The Balaban J connectivity index is 2.20. The zero-order valence-electron chi connectivity index (χ0n) is 10.6. The van der Waals surface area contributed by atoms with E-state index in [4.69, 9.17) is 4.74 Å². The summed E-state index contributed by atoms with van der Waals surface area (Å²) in [6.45, 7) is 6.66. The third-order valence-corrected chi connectivity index (χ3v) is 3.47. The molecule has 1 aromatic carbocycles. The van der Waals surface area contributed by atoms with Crippen LogP contribution in [0.3, 0.4) is 0 Å². The van der Waals surface area contributed by atoms with Crippen molar-refractivity contribution in [2.45, 2.75) is 39.1 Å². The third-order valence-electron chi connectivity index (χ3n) is 3.47. The third kappa shape index (κ3) is 2.00. The van der Waals surface area contributed by atoms with Crippen molar-refractivity contribution in [2.24, 2.45) is 5.92 Å². The molecule has 0 radical (unpaired) electrons. The van der Waals surface area contributed by atoms with E-state index in [-0.39, 0.29) is 12.3 Å². The fraction of sp³-hybridized carbons (Fsp3) is 0.571. The minimum Gasteiger partial charge on any atom is -0.353 e. The van der Waals surface area contributed by atoms with Gasteiger partial charge in [-0.15, -0.1) is 0 Å². The normalized spacial score (nSPS) is 31.2. The molecule has 0 saturated carbocycles. The van der Waals surface area contributed by atoms with Crippen molar-refractivity contribution < 1.29 is 4.74 Å². The molecule has 1 saturated heterocycles. The van der Waals surface area contributed by atoms with E-state index < -0.39 is 0 Å². The Morgan fingerprint density at radius 3 is 2.31 bits per heavy atom. The van der Waals surface area contributed by atoms with Crippen molar-refractivity contribution in [1.29, 1.82) is 0 Å². The molecule has 0 amide bonds. The van der Waals surface area contributed by atoms with Gasteiger partial charge in [0.15, 0.2) is 0 Å². The highest BCUT2D eigenvalue weighted by molar-refractivity contribution is 5.20. The van der Waals surface area contributed by atoms with Gasteiger partial charge in [-0.25, -0.2) is 0 Å². The number of hydrogen-bond donors (Lipinski definition) is 0. The van der Waals surface area contributed by atoms with Crippen molar-refractivity contribution >= 4 is 0 Å². The molecule has 1 aliphatic heterocycles. The van der Waals surface area contributed by atoms with Crippen LogP contribution in [0.4, 0.5) is 0 Å². The van der Waals surface area contributed by atoms with Gasteiger partial charge in [-0.3, -0.25) is 4.90 Å². The van der Waals surface area contributed by atoms with E-state index in [0.717, 1.165) is 0 Å². The van der Waals surface area contributed by atoms with E-state index in [1.54, 1.807) is 0 Å². The van der Waals surface area contributed by atoms with Crippen LogP contribution >= 0.6 is 0 Å². The monoisotopic (exact) mass is 219 g/mol. The summed E-state index contributed by atoms with van der Waals surface area (Å²) >= 11 is 0. The summed E-state index contributed by atoms with van der Waals surface area (Å²) in [6.07, 6.45) is 0.443.